The van der Waals surface area contributed by atoms with Crippen LogP contribution >= 0.6 is 0 Å². The number of aromatic nitrogens is 2. The summed E-state index contributed by atoms with van der Waals surface area (Å²) in [6.07, 6.45) is 10.0. The number of likely N-dealkylation sites (N-methyl/N-ethyl adjacent to an activating group) is 1. The normalized spacial score (nSPS) is 23.6. The molecule has 1 aliphatic carbocycles. The third kappa shape index (κ3) is 4.54. The van der Waals surface area contributed by atoms with Crippen molar-refractivity contribution in [3.63, 3.8) is 0 Å². The summed E-state index contributed by atoms with van der Waals surface area (Å²) in [4.78, 5) is 16.2. The quantitative estimate of drug-likeness (QED) is 0.859. The lowest BCUT2D eigenvalue weighted by molar-refractivity contribution is 0.0985. The number of hydrogen-bond acceptors (Lipinski definition) is 4. The third-order valence-corrected chi connectivity index (χ3v) is 5.92. The van der Waals surface area contributed by atoms with Crippen LogP contribution in [0.1, 0.15) is 50.3 Å². The van der Waals surface area contributed by atoms with Gasteiger partial charge in [0.2, 0.25) is 0 Å². The molecule has 6 heteroatoms. The van der Waals surface area contributed by atoms with Crippen LogP contribution < -0.4 is 0 Å². The monoisotopic (exact) mass is 348 g/mol. The number of fused-ring (bicyclic) bond motifs is 1. The average molecular weight is 348 g/mol. The van der Waals surface area contributed by atoms with Gasteiger partial charge in [0, 0.05) is 24.8 Å². The second kappa shape index (κ2) is 8.70. The van der Waals surface area contributed by atoms with Crippen LogP contribution in [0.2, 0.25) is 0 Å². The highest BCUT2D eigenvalue weighted by Crippen LogP contribution is 2.25. The number of carbonyl (C=O) groups is 1. The van der Waals surface area contributed by atoms with E-state index in [1.807, 2.05) is 11.1 Å². The van der Waals surface area contributed by atoms with Gasteiger partial charge in [0.25, 0.3) is 0 Å². The van der Waals surface area contributed by atoms with E-state index in [0.717, 1.165) is 45.4 Å². The van der Waals surface area contributed by atoms with E-state index in [1.54, 1.807) is 0 Å². The summed E-state index contributed by atoms with van der Waals surface area (Å²) < 4.78 is 4.87. The minimum Gasteiger partial charge on any atom is -0.453 e. The topological polar surface area (TPSA) is 61.5 Å². The molecule has 0 saturated carbocycles. The summed E-state index contributed by atoms with van der Waals surface area (Å²) in [5.41, 5.74) is 2.73. The SMILES string of the molecule is CCN(CCCC1CCCN(C(=O)OC)C1)C1CCc2[nH]ncc2C1. The van der Waals surface area contributed by atoms with Crippen LogP contribution in [-0.4, -0.2) is 65.4 Å². The van der Waals surface area contributed by atoms with Gasteiger partial charge in [0.05, 0.1) is 13.3 Å². The molecule has 0 bridgehead atoms. The lowest BCUT2D eigenvalue weighted by Gasteiger charge is -2.35. The first-order valence-corrected chi connectivity index (χ1v) is 9.79. The largest absolute Gasteiger partial charge is 0.453 e. The fraction of sp³-hybridized carbons (Fsp3) is 0.789. The number of nitrogens with zero attached hydrogens (tertiary/aromatic N) is 3. The number of hydrogen-bond donors (Lipinski definition) is 1. The molecular weight excluding hydrogens is 316 g/mol. The molecule has 0 aromatic carbocycles. The van der Waals surface area contributed by atoms with Crippen molar-refractivity contribution >= 4 is 6.09 Å². The van der Waals surface area contributed by atoms with E-state index in [1.165, 1.54) is 44.1 Å². The second-order valence-corrected chi connectivity index (χ2v) is 7.47. The van der Waals surface area contributed by atoms with Crippen molar-refractivity contribution in [3.8, 4) is 0 Å². The minimum atomic E-state index is -0.169. The fourth-order valence-electron chi connectivity index (χ4n) is 4.49. The van der Waals surface area contributed by atoms with Gasteiger partial charge in [-0.2, -0.15) is 5.10 Å². The van der Waals surface area contributed by atoms with E-state index in [0.29, 0.717) is 12.0 Å². The Morgan fingerprint density at radius 3 is 3.16 bits per heavy atom. The minimum absolute atomic E-state index is 0.169. The molecule has 3 rings (SSSR count). The highest BCUT2D eigenvalue weighted by Gasteiger charge is 2.26. The molecule has 1 N–H and O–H groups in total. The molecule has 0 radical (unpaired) electrons. The van der Waals surface area contributed by atoms with Gasteiger partial charge in [0.1, 0.15) is 0 Å². The Hall–Kier alpha value is -1.56. The summed E-state index contributed by atoms with van der Waals surface area (Å²) in [6.45, 7) is 6.24. The summed E-state index contributed by atoms with van der Waals surface area (Å²) in [7, 11) is 1.47. The first kappa shape index (κ1) is 18.2. The molecule has 1 saturated heterocycles. The highest BCUT2D eigenvalue weighted by atomic mass is 16.5. The molecule has 140 valence electrons. The van der Waals surface area contributed by atoms with Crippen LogP contribution in [-0.2, 0) is 17.6 Å². The van der Waals surface area contributed by atoms with Crippen LogP contribution in [0.25, 0.3) is 0 Å². The summed E-state index contributed by atoms with van der Waals surface area (Å²) in [5.74, 6) is 0.624. The maximum atomic E-state index is 11.7. The Labute approximate surface area is 150 Å². The number of piperidine rings is 1. The molecule has 2 heterocycles. The Morgan fingerprint density at radius 2 is 2.36 bits per heavy atom. The number of methoxy groups -OCH3 is 1. The predicted octanol–water partition coefficient (Wildman–Crippen LogP) is 2.85. The van der Waals surface area contributed by atoms with Crippen LogP contribution in [0.4, 0.5) is 4.79 Å². The number of H-pyrrole nitrogens is 1. The van der Waals surface area contributed by atoms with Gasteiger partial charge in [-0.1, -0.05) is 6.92 Å². The molecule has 2 atom stereocenters. The number of ether oxygens (including phenoxy) is 1. The highest BCUT2D eigenvalue weighted by molar-refractivity contribution is 5.67. The number of aryl methyl sites for hydroxylation is 1. The van der Waals surface area contributed by atoms with Crippen LogP contribution in [0.15, 0.2) is 6.20 Å². The zero-order valence-electron chi connectivity index (χ0n) is 15.7. The van der Waals surface area contributed by atoms with E-state index in [2.05, 4.69) is 22.0 Å². The van der Waals surface area contributed by atoms with Crippen molar-refractivity contribution in [2.75, 3.05) is 33.3 Å². The molecule has 1 amide bonds. The number of nitrogens with one attached hydrogen (secondary N) is 1. The smallest absolute Gasteiger partial charge is 0.409 e. The van der Waals surface area contributed by atoms with Crippen LogP contribution in [0.5, 0.6) is 0 Å². The lowest BCUT2D eigenvalue weighted by Crippen LogP contribution is -2.41. The number of rotatable bonds is 6. The second-order valence-electron chi connectivity index (χ2n) is 7.47. The standard InChI is InChI=1S/C19H32N4O2/c1-3-22(17-8-9-18-16(12-17)13-20-21-18)10-4-6-15-7-5-11-23(14-15)19(24)25-2/h13,15,17H,3-12,14H2,1-2H3,(H,20,21). The molecule has 1 fully saturated rings. The first-order chi connectivity index (χ1) is 12.2. The molecule has 25 heavy (non-hydrogen) atoms. The van der Waals surface area contributed by atoms with E-state index in [4.69, 9.17) is 4.74 Å². The van der Waals surface area contributed by atoms with Crippen molar-refractivity contribution in [1.82, 2.24) is 20.0 Å². The molecule has 1 aliphatic heterocycles. The van der Waals surface area contributed by atoms with Gasteiger partial charge >= 0.3 is 6.09 Å². The number of aromatic amines is 1. The van der Waals surface area contributed by atoms with Crippen molar-refractivity contribution in [1.29, 1.82) is 0 Å². The maximum absolute atomic E-state index is 11.7. The summed E-state index contributed by atoms with van der Waals surface area (Å²) in [5, 5.41) is 7.32. The van der Waals surface area contributed by atoms with E-state index < -0.39 is 0 Å². The molecule has 1 aromatic heterocycles. The lowest BCUT2D eigenvalue weighted by atomic mass is 9.91. The number of amides is 1. The molecule has 1 aromatic rings. The van der Waals surface area contributed by atoms with Gasteiger partial charge in [-0.05, 0) is 69.5 Å². The molecule has 6 nitrogen and oxygen atoms in total. The molecule has 2 unspecified atom stereocenters. The van der Waals surface area contributed by atoms with Gasteiger partial charge in [-0.15, -0.1) is 0 Å². The summed E-state index contributed by atoms with van der Waals surface area (Å²) in [6, 6.07) is 0.646. The van der Waals surface area contributed by atoms with E-state index in [9.17, 15) is 4.79 Å². The fourth-order valence-corrected chi connectivity index (χ4v) is 4.49. The van der Waals surface area contributed by atoms with Gasteiger partial charge in [0.15, 0.2) is 0 Å². The third-order valence-electron chi connectivity index (χ3n) is 5.92. The Kier molecular flexibility index (Phi) is 6.34. The van der Waals surface area contributed by atoms with Gasteiger partial charge < -0.3 is 14.5 Å². The summed E-state index contributed by atoms with van der Waals surface area (Å²) >= 11 is 0. The number of carbonyl (C=O) groups excluding carboxylic acids is 1. The Balaban J connectivity index is 1.43. The van der Waals surface area contributed by atoms with E-state index in [-0.39, 0.29) is 6.09 Å². The zero-order chi connectivity index (χ0) is 17.6. The number of likely N-dealkylation sites (tertiary alicyclic amines) is 1. The Bertz CT molecular complexity index is 559. The zero-order valence-corrected chi connectivity index (χ0v) is 15.7. The molecule has 0 spiro atoms. The van der Waals surface area contributed by atoms with Crippen molar-refractivity contribution in [2.24, 2.45) is 5.92 Å². The van der Waals surface area contributed by atoms with Gasteiger partial charge in [-0.3, -0.25) is 5.10 Å². The predicted molar refractivity (Wildman–Crippen MR) is 97.6 cm³/mol. The molecular formula is C19H32N4O2. The van der Waals surface area contributed by atoms with Crippen LogP contribution in [0, 0.1) is 5.92 Å². The molecule has 2 aliphatic rings. The maximum Gasteiger partial charge on any atom is 0.409 e. The average Bonchev–Trinajstić information content (AvgIpc) is 3.12. The van der Waals surface area contributed by atoms with E-state index >= 15 is 0 Å². The van der Waals surface area contributed by atoms with Crippen molar-refractivity contribution in [2.45, 2.75) is 57.9 Å². The van der Waals surface area contributed by atoms with Crippen molar-refractivity contribution in [3.05, 3.63) is 17.5 Å². The van der Waals surface area contributed by atoms with Gasteiger partial charge in [-0.25, -0.2) is 4.79 Å². The first-order valence-electron chi connectivity index (χ1n) is 9.79. The van der Waals surface area contributed by atoms with Crippen LogP contribution in [0.3, 0.4) is 0 Å². The van der Waals surface area contributed by atoms with Crippen molar-refractivity contribution < 1.29 is 9.53 Å². The Morgan fingerprint density at radius 1 is 1.48 bits per heavy atom.